The molecule has 1 aromatic heterocycles. The Labute approximate surface area is 91.7 Å². The average Bonchev–Trinajstić information content (AvgIpc) is 2.77. The van der Waals surface area contributed by atoms with Crippen LogP contribution in [0.15, 0.2) is 0 Å². The van der Waals surface area contributed by atoms with E-state index in [2.05, 4.69) is 17.2 Å². The summed E-state index contributed by atoms with van der Waals surface area (Å²) < 4.78 is 0. The predicted molar refractivity (Wildman–Crippen MR) is 57.7 cm³/mol. The number of rotatable bonds is 3. The van der Waals surface area contributed by atoms with Crippen LogP contribution in [0, 0.1) is 16.7 Å². The highest BCUT2D eigenvalue weighted by Gasteiger charge is 2.36. The van der Waals surface area contributed by atoms with Gasteiger partial charge in [0.2, 0.25) is 0 Å². The Morgan fingerprint density at radius 3 is 2.93 bits per heavy atom. The molecule has 0 aromatic carbocycles. The summed E-state index contributed by atoms with van der Waals surface area (Å²) in [7, 11) is 0. The van der Waals surface area contributed by atoms with Gasteiger partial charge < -0.3 is 5.32 Å². The number of nitriles is 1. The van der Waals surface area contributed by atoms with Crippen LogP contribution in [0.25, 0.3) is 0 Å². The minimum Gasteiger partial charge on any atom is -0.361 e. The Balaban J connectivity index is 2.00. The maximum absolute atomic E-state index is 8.68. The van der Waals surface area contributed by atoms with Gasteiger partial charge in [-0.2, -0.15) is 5.26 Å². The summed E-state index contributed by atoms with van der Waals surface area (Å²) in [6.07, 6.45) is 2.54. The molecule has 5 heteroatoms. The standard InChI is InChI=1S/C9H10ClN3S/c1-9(2-3-9)5-12-8-13-7(10)6(4-11)14-8/h2-3,5H2,1H3,(H,12,13). The van der Waals surface area contributed by atoms with Crippen LogP contribution in [0.4, 0.5) is 5.13 Å². The largest absolute Gasteiger partial charge is 0.361 e. The summed E-state index contributed by atoms with van der Waals surface area (Å²) in [5.74, 6) is 0. The number of anilines is 1. The molecule has 0 amide bonds. The monoisotopic (exact) mass is 227 g/mol. The Bertz CT molecular complexity index is 389. The lowest BCUT2D eigenvalue weighted by molar-refractivity contribution is 0.610. The van der Waals surface area contributed by atoms with Crippen molar-refractivity contribution in [3.8, 4) is 6.07 Å². The average molecular weight is 228 g/mol. The fraction of sp³-hybridized carbons (Fsp3) is 0.556. The molecule has 1 fully saturated rings. The van der Waals surface area contributed by atoms with Crippen molar-refractivity contribution in [3.63, 3.8) is 0 Å². The molecule has 14 heavy (non-hydrogen) atoms. The molecule has 2 rings (SSSR count). The van der Waals surface area contributed by atoms with E-state index in [0.717, 1.165) is 11.7 Å². The van der Waals surface area contributed by atoms with E-state index in [4.69, 9.17) is 16.9 Å². The van der Waals surface area contributed by atoms with Crippen LogP contribution in [0.3, 0.4) is 0 Å². The minimum atomic E-state index is 0.306. The highest BCUT2D eigenvalue weighted by molar-refractivity contribution is 7.16. The van der Waals surface area contributed by atoms with Gasteiger partial charge in [-0.15, -0.1) is 0 Å². The second-order valence-electron chi connectivity index (χ2n) is 3.91. The van der Waals surface area contributed by atoms with Crippen LogP contribution >= 0.6 is 22.9 Å². The SMILES string of the molecule is CC1(CNc2nc(Cl)c(C#N)s2)CC1. The molecule has 0 atom stereocenters. The Hall–Kier alpha value is -0.790. The fourth-order valence-electron chi connectivity index (χ4n) is 1.13. The number of hydrogen-bond donors (Lipinski definition) is 1. The van der Waals surface area contributed by atoms with Crippen molar-refractivity contribution in [1.82, 2.24) is 4.98 Å². The van der Waals surface area contributed by atoms with Crippen molar-refractivity contribution in [2.24, 2.45) is 5.41 Å². The molecule has 0 unspecified atom stereocenters. The number of aromatic nitrogens is 1. The van der Waals surface area contributed by atoms with Gasteiger partial charge in [-0.1, -0.05) is 29.9 Å². The predicted octanol–water partition coefficient (Wildman–Crippen LogP) is 2.88. The maximum atomic E-state index is 8.68. The molecular weight excluding hydrogens is 218 g/mol. The first kappa shape index (κ1) is 9.75. The Morgan fingerprint density at radius 1 is 1.71 bits per heavy atom. The third-order valence-electron chi connectivity index (χ3n) is 2.46. The molecule has 1 aromatic rings. The number of thiazole rings is 1. The summed E-state index contributed by atoms with van der Waals surface area (Å²) in [6.45, 7) is 3.15. The van der Waals surface area contributed by atoms with Crippen LogP contribution in [-0.2, 0) is 0 Å². The first-order valence-electron chi connectivity index (χ1n) is 4.43. The highest BCUT2D eigenvalue weighted by Crippen LogP contribution is 2.45. The zero-order valence-electron chi connectivity index (χ0n) is 7.80. The lowest BCUT2D eigenvalue weighted by Gasteiger charge is -2.07. The van der Waals surface area contributed by atoms with Gasteiger partial charge in [-0.3, -0.25) is 0 Å². The van der Waals surface area contributed by atoms with E-state index in [1.54, 1.807) is 0 Å². The molecule has 0 radical (unpaired) electrons. The van der Waals surface area contributed by atoms with Crippen LogP contribution in [-0.4, -0.2) is 11.5 Å². The number of hydrogen-bond acceptors (Lipinski definition) is 4. The maximum Gasteiger partial charge on any atom is 0.185 e. The number of nitrogens with zero attached hydrogens (tertiary/aromatic N) is 2. The zero-order valence-corrected chi connectivity index (χ0v) is 9.37. The molecular formula is C9H10ClN3S. The van der Waals surface area contributed by atoms with Gasteiger partial charge >= 0.3 is 0 Å². The Kier molecular flexibility index (Phi) is 2.38. The van der Waals surface area contributed by atoms with Crippen molar-refractivity contribution < 1.29 is 0 Å². The number of nitrogens with one attached hydrogen (secondary N) is 1. The molecule has 1 saturated carbocycles. The first-order chi connectivity index (χ1) is 6.63. The molecule has 0 bridgehead atoms. The molecule has 3 nitrogen and oxygen atoms in total. The van der Waals surface area contributed by atoms with Crippen molar-refractivity contribution >= 4 is 28.1 Å². The molecule has 0 aliphatic heterocycles. The molecule has 1 aliphatic carbocycles. The summed E-state index contributed by atoms with van der Waals surface area (Å²) in [4.78, 5) is 4.54. The third kappa shape index (κ3) is 1.99. The quantitative estimate of drug-likeness (QED) is 0.864. The van der Waals surface area contributed by atoms with Gasteiger partial charge in [0.25, 0.3) is 0 Å². The first-order valence-corrected chi connectivity index (χ1v) is 5.63. The van der Waals surface area contributed by atoms with Crippen molar-refractivity contribution in [2.45, 2.75) is 19.8 Å². The lowest BCUT2D eigenvalue weighted by Crippen LogP contribution is -2.11. The molecule has 0 spiro atoms. The highest BCUT2D eigenvalue weighted by atomic mass is 35.5. The van der Waals surface area contributed by atoms with Gasteiger partial charge in [-0.25, -0.2) is 4.98 Å². The van der Waals surface area contributed by atoms with Crippen LogP contribution in [0.2, 0.25) is 5.15 Å². The molecule has 1 N–H and O–H groups in total. The van der Waals surface area contributed by atoms with E-state index in [1.165, 1.54) is 24.2 Å². The van der Waals surface area contributed by atoms with Crippen molar-refractivity contribution in [1.29, 1.82) is 5.26 Å². The van der Waals surface area contributed by atoms with Crippen molar-refractivity contribution in [3.05, 3.63) is 10.0 Å². The van der Waals surface area contributed by atoms with Gasteiger partial charge in [0.05, 0.1) is 0 Å². The molecule has 1 aliphatic rings. The summed E-state index contributed by atoms with van der Waals surface area (Å²) >= 11 is 7.06. The van der Waals surface area contributed by atoms with E-state index in [9.17, 15) is 0 Å². The van der Waals surface area contributed by atoms with E-state index in [0.29, 0.717) is 15.4 Å². The summed E-state index contributed by atoms with van der Waals surface area (Å²) in [6, 6.07) is 2.01. The summed E-state index contributed by atoms with van der Waals surface area (Å²) in [5, 5.41) is 13.0. The topological polar surface area (TPSA) is 48.7 Å². The van der Waals surface area contributed by atoms with Crippen LogP contribution in [0.5, 0.6) is 0 Å². The van der Waals surface area contributed by atoms with E-state index < -0.39 is 0 Å². The van der Waals surface area contributed by atoms with Crippen LogP contribution < -0.4 is 5.32 Å². The third-order valence-corrected chi connectivity index (χ3v) is 3.76. The van der Waals surface area contributed by atoms with Gasteiger partial charge in [0, 0.05) is 6.54 Å². The van der Waals surface area contributed by atoms with E-state index in [1.807, 2.05) is 6.07 Å². The van der Waals surface area contributed by atoms with Crippen LogP contribution in [0.1, 0.15) is 24.6 Å². The smallest absolute Gasteiger partial charge is 0.185 e. The van der Waals surface area contributed by atoms with Gasteiger partial charge in [0.15, 0.2) is 10.3 Å². The molecule has 0 saturated heterocycles. The molecule has 74 valence electrons. The molecule has 1 heterocycles. The fourth-order valence-corrected chi connectivity index (χ4v) is 2.07. The Morgan fingerprint density at radius 2 is 2.43 bits per heavy atom. The van der Waals surface area contributed by atoms with E-state index in [-0.39, 0.29) is 0 Å². The van der Waals surface area contributed by atoms with Crippen molar-refractivity contribution in [2.75, 3.05) is 11.9 Å². The lowest BCUT2D eigenvalue weighted by atomic mass is 10.1. The van der Waals surface area contributed by atoms with Gasteiger partial charge in [-0.05, 0) is 18.3 Å². The number of halogens is 1. The second kappa shape index (κ2) is 3.41. The van der Waals surface area contributed by atoms with Gasteiger partial charge in [0.1, 0.15) is 10.9 Å². The zero-order chi connectivity index (χ0) is 10.2. The second-order valence-corrected chi connectivity index (χ2v) is 5.27. The summed E-state index contributed by atoms with van der Waals surface area (Å²) in [5.41, 5.74) is 0.435. The normalized spacial score (nSPS) is 17.5. The van der Waals surface area contributed by atoms with E-state index >= 15 is 0 Å². The minimum absolute atomic E-state index is 0.306.